The van der Waals surface area contributed by atoms with Gasteiger partial charge < -0.3 is 0 Å². The van der Waals surface area contributed by atoms with Gasteiger partial charge in [0.05, 0.1) is 0 Å². The van der Waals surface area contributed by atoms with Gasteiger partial charge in [0.15, 0.2) is 0 Å². The number of hydrogen-bond acceptors (Lipinski definition) is 0. The zero-order valence-electron chi connectivity index (χ0n) is 14.5. The number of hydrogen-bond donors (Lipinski definition) is 0. The second kappa shape index (κ2) is 7.81. The molecule has 0 heteroatoms. The van der Waals surface area contributed by atoms with E-state index in [1.165, 1.54) is 62.5 Å². The smallest absolute Gasteiger partial charge is 0.0203 e. The van der Waals surface area contributed by atoms with Crippen molar-refractivity contribution in [1.82, 2.24) is 0 Å². The second-order valence-corrected chi connectivity index (χ2v) is 7.25. The standard InChI is InChI=1S/C23H30/c1-2-3-6-11-20-16-18-23(19-17-20,21-12-7-4-8-13-21)22-14-9-5-10-15-22/h4-5,7-10,12-15,20H,2-3,6,11,16-19H2,1H3. The number of benzene rings is 2. The molecule has 0 spiro atoms. The van der Waals surface area contributed by atoms with E-state index in [2.05, 4.69) is 67.6 Å². The molecule has 1 aliphatic carbocycles. The van der Waals surface area contributed by atoms with Gasteiger partial charge in [0.1, 0.15) is 0 Å². The Balaban J connectivity index is 1.80. The molecule has 0 saturated heterocycles. The summed E-state index contributed by atoms with van der Waals surface area (Å²) in [4.78, 5) is 0. The summed E-state index contributed by atoms with van der Waals surface area (Å²) in [7, 11) is 0. The van der Waals surface area contributed by atoms with Crippen LogP contribution in [0.4, 0.5) is 0 Å². The first-order valence-electron chi connectivity index (χ1n) is 9.46. The maximum Gasteiger partial charge on any atom is 0.0203 e. The Labute approximate surface area is 141 Å². The summed E-state index contributed by atoms with van der Waals surface area (Å²) in [6, 6.07) is 22.4. The topological polar surface area (TPSA) is 0 Å². The number of rotatable bonds is 6. The van der Waals surface area contributed by atoms with Gasteiger partial charge in [-0.15, -0.1) is 0 Å². The summed E-state index contributed by atoms with van der Waals surface area (Å²) in [6.07, 6.45) is 11.0. The van der Waals surface area contributed by atoms with Gasteiger partial charge in [-0.2, -0.15) is 0 Å². The molecular formula is C23H30. The molecule has 0 nitrogen and oxygen atoms in total. The summed E-state index contributed by atoms with van der Waals surface area (Å²) in [6.45, 7) is 2.30. The van der Waals surface area contributed by atoms with Crippen molar-refractivity contribution < 1.29 is 0 Å². The molecule has 0 amide bonds. The van der Waals surface area contributed by atoms with E-state index < -0.39 is 0 Å². The van der Waals surface area contributed by atoms with Gasteiger partial charge in [-0.05, 0) is 42.7 Å². The van der Waals surface area contributed by atoms with E-state index in [0.717, 1.165) is 5.92 Å². The van der Waals surface area contributed by atoms with Gasteiger partial charge in [0.25, 0.3) is 0 Å². The molecule has 2 aromatic carbocycles. The fourth-order valence-corrected chi connectivity index (χ4v) is 4.40. The van der Waals surface area contributed by atoms with Gasteiger partial charge in [-0.1, -0.05) is 93.3 Å². The molecule has 0 aromatic heterocycles. The van der Waals surface area contributed by atoms with Crippen molar-refractivity contribution in [2.75, 3.05) is 0 Å². The molecule has 3 rings (SSSR count). The van der Waals surface area contributed by atoms with E-state index in [9.17, 15) is 0 Å². The van der Waals surface area contributed by atoms with Crippen LogP contribution >= 0.6 is 0 Å². The van der Waals surface area contributed by atoms with Crippen LogP contribution in [0.25, 0.3) is 0 Å². The van der Waals surface area contributed by atoms with Crippen LogP contribution < -0.4 is 0 Å². The first kappa shape index (κ1) is 16.3. The molecule has 0 radical (unpaired) electrons. The highest BCUT2D eigenvalue weighted by atomic mass is 14.4. The lowest BCUT2D eigenvalue weighted by atomic mass is 9.62. The fraction of sp³-hybridized carbons (Fsp3) is 0.478. The van der Waals surface area contributed by atoms with Crippen molar-refractivity contribution in [1.29, 1.82) is 0 Å². The molecule has 0 aliphatic heterocycles. The summed E-state index contributed by atoms with van der Waals surface area (Å²) < 4.78 is 0. The Morgan fingerprint density at radius 1 is 0.783 bits per heavy atom. The Hall–Kier alpha value is -1.56. The van der Waals surface area contributed by atoms with Crippen LogP contribution in [0.2, 0.25) is 0 Å². The van der Waals surface area contributed by atoms with Crippen LogP contribution in [0.1, 0.15) is 69.4 Å². The van der Waals surface area contributed by atoms with E-state index in [1.807, 2.05) is 0 Å². The van der Waals surface area contributed by atoms with E-state index in [1.54, 1.807) is 0 Å². The Kier molecular flexibility index (Phi) is 5.54. The molecule has 122 valence electrons. The van der Waals surface area contributed by atoms with Gasteiger partial charge in [-0.3, -0.25) is 0 Å². The van der Waals surface area contributed by atoms with Crippen LogP contribution in [0, 0.1) is 5.92 Å². The minimum atomic E-state index is 0.240. The fourth-order valence-electron chi connectivity index (χ4n) is 4.40. The van der Waals surface area contributed by atoms with E-state index in [0.29, 0.717) is 0 Å². The summed E-state index contributed by atoms with van der Waals surface area (Å²) in [5, 5.41) is 0. The minimum Gasteiger partial charge on any atom is -0.0654 e. The first-order chi connectivity index (χ1) is 11.3. The summed E-state index contributed by atoms with van der Waals surface area (Å²) in [5.41, 5.74) is 3.26. The third kappa shape index (κ3) is 3.68. The van der Waals surface area contributed by atoms with E-state index >= 15 is 0 Å². The molecule has 1 fully saturated rings. The van der Waals surface area contributed by atoms with Gasteiger partial charge >= 0.3 is 0 Å². The van der Waals surface area contributed by atoms with Gasteiger partial charge in [0.2, 0.25) is 0 Å². The highest BCUT2D eigenvalue weighted by Crippen LogP contribution is 2.47. The first-order valence-corrected chi connectivity index (χ1v) is 9.46. The van der Waals surface area contributed by atoms with Crippen LogP contribution in [0.15, 0.2) is 60.7 Å². The second-order valence-electron chi connectivity index (χ2n) is 7.25. The molecule has 0 atom stereocenters. The maximum absolute atomic E-state index is 2.34. The van der Waals surface area contributed by atoms with E-state index in [-0.39, 0.29) is 5.41 Å². The minimum absolute atomic E-state index is 0.240. The van der Waals surface area contributed by atoms with Crippen LogP contribution in [0.3, 0.4) is 0 Å². The molecule has 0 bridgehead atoms. The van der Waals surface area contributed by atoms with Crippen molar-refractivity contribution in [3.8, 4) is 0 Å². The highest BCUT2D eigenvalue weighted by molar-refractivity contribution is 5.39. The molecule has 2 aromatic rings. The molecule has 1 saturated carbocycles. The zero-order valence-corrected chi connectivity index (χ0v) is 14.5. The molecule has 0 unspecified atom stereocenters. The monoisotopic (exact) mass is 306 g/mol. The quantitative estimate of drug-likeness (QED) is 0.518. The van der Waals surface area contributed by atoms with Crippen molar-refractivity contribution in [3.63, 3.8) is 0 Å². The lowest BCUT2D eigenvalue weighted by Crippen LogP contribution is -2.33. The third-order valence-electron chi connectivity index (χ3n) is 5.83. The predicted octanol–water partition coefficient (Wildman–Crippen LogP) is 6.74. The molecule has 23 heavy (non-hydrogen) atoms. The van der Waals surface area contributed by atoms with Crippen molar-refractivity contribution in [3.05, 3.63) is 71.8 Å². The Morgan fingerprint density at radius 3 is 1.78 bits per heavy atom. The molecule has 0 heterocycles. The molecule has 1 aliphatic rings. The highest BCUT2D eigenvalue weighted by Gasteiger charge is 2.37. The molecular weight excluding hydrogens is 276 g/mol. The average molecular weight is 306 g/mol. The number of unbranched alkanes of at least 4 members (excludes halogenated alkanes) is 2. The maximum atomic E-state index is 2.34. The summed E-state index contributed by atoms with van der Waals surface area (Å²) in [5.74, 6) is 0.946. The predicted molar refractivity (Wildman–Crippen MR) is 99.8 cm³/mol. The largest absolute Gasteiger partial charge is 0.0654 e. The van der Waals surface area contributed by atoms with Gasteiger partial charge in [0, 0.05) is 5.41 Å². The zero-order chi connectivity index (χ0) is 16.0. The van der Waals surface area contributed by atoms with Gasteiger partial charge in [-0.25, -0.2) is 0 Å². The Bertz CT molecular complexity index is 520. The summed E-state index contributed by atoms with van der Waals surface area (Å²) >= 11 is 0. The van der Waals surface area contributed by atoms with Crippen molar-refractivity contribution >= 4 is 0 Å². The van der Waals surface area contributed by atoms with Crippen molar-refractivity contribution in [2.24, 2.45) is 5.92 Å². The third-order valence-corrected chi connectivity index (χ3v) is 5.83. The Morgan fingerprint density at radius 2 is 1.30 bits per heavy atom. The normalized spacial score (nSPS) is 18.0. The lowest BCUT2D eigenvalue weighted by Gasteiger charge is -2.41. The molecule has 0 N–H and O–H groups in total. The van der Waals surface area contributed by atoms with Crippen LogP contribution in [-0.2, 0) is 5.41 Å². The van der Waals surface area contributed by atoms with Crippen LogP contribution in [0.5, 0.6) is 0 Å². The van der Waals surface area contributed by atoms with Crippen molar-refractivity contribution in [2.45, 2.75) is 63.7 Å². The average Bonchev–Trinajstić information content (AvgIpc) is 2.64. The lowest BCUT2D eigenvalue weighted by molar-refractivity contribution is 0.250. The van der Waals surface area contributed by atoms with Crippen LogP contribution in [-0.4, -0.2) is 0 Å². The van der Waals surface area contributed by atoms with E-state index in [4.69, 9.17) is 0 Å². The SMILES string of the molecule is CCCCCC1CCC(c2ccccc2)(c2ccccc2)CC1.